The zero-order valence-electron chi connectivity index (χ0n) is 22.9. The number of rotatable bonds is 7. The monoisotopic (exact) mass is 534 g/mol. The molecule has 0 spiro atoms. The van der Waals surface area contributed by atoms with Crippen molar-refractivity contribution < 1.29 is 9.53 Å². The summed E-state index contributed by atoms with van der Waals surface area (Å²) in [5.41, 5.74) is 1.89. The van der Waals surface area contributed by atoms with Crippen molar-refractivity contribution in [3.8, 4) is 11.8 Å². The van der Waals surface area contributed by atoms with Gasteiger partial charge < -0.3 is 20.3 Å². The summed E-state index contributed by atoms with van der Waals surface area (Å²) < 4.78 is 6.34. The summed E-state index contributed by atoms with van der Waals surface area (Å²) >= 11 is 6.21. The van der Waals surface area contributed by atoms with E-state index < -0.39 is 0 Å². The minimum Gasteiger partial charge on any atom is -0.489 e. The summed E-state index contributed by atoms with van der Waals surface area (Å²) in [6, 6.07) is 15.4. The fourth-order valence-electron chi connectivity index (χ4n) is 7.13. The first-order chi connectivity index (χ1) is 18.1. The molecule has 2 saturated carbocycles. The maximum absolute atomic E-state index is 13.2. The normalized spacial score (nSPS) is 27.9. The van der Waals surface area contributed by atoms with Crippen LogP contribution in [0.1, 0.15) is 67.9 Å². The number of hydrogen-bond donors (Lipinski definition) is 2. The maximum atomic E-state index is 13.2. The average molecular weight is 535 g/mol. The SMILES string of the molecule is CC1(C)[C@H](NC(=O)c2ccc(C3CC(CN4CCNCC4)C3)cc2)C(C)(C)[C@H]1Oc1ccc(C#N)c(Cl)c1. The van der Waals surface area contributed by atoms with Crippen LogP contribution in [0.25, 0.3) is 0 Å². The first-order valence-electron chi connectivity index (χ1n) is 13.8. The molecule has 0 unspecified atom stereocenters. The second kappa shape index (κ2) is 10.5. The molecule has 2 aromatic rings. The lowest BCUT2D eigenvalue weighted by Crippen LogP contribution is -2.74. The Labute approximate surface area is 231 Å². The molecular weight excluding hydrogens is 496 g/mol. The number of carbonyl (C=O) groups is 1. The van der Waals surface area contributed by atoms with E-state index in [2.05, 4.69) is 61.4 Å². The van der Waals surface area contributed by atoms with Gasteiger partial charge in [0.25, 0.3) is 5.91 Å². The van der Waals surface area contributed by atoms with Crippen LogP contribution >= 0.6 is 11.6 Å². The van der Waals surface area contributed by atoms with E-state index in [4.69, 9.17) is 21.6 Å². The van der Waals surface area contributed by atoms with Crippen molar-refractivity contribution in [2.75, 3.05) is 32.7 Å². The van der Waals surface area contributed by atoms with E-state index in [0.29, 0.717) is 27.8 Å². The standard InChI is InChI=1S/C31H39ClN4O2/c1-30(2)28(31(3,4)29(30)38-25-10-9-23(18-33)26(32)17-25)35-27(37)22-7-5-21(6-8-22)24-15-20(16-24)19-36-13-11-34-12-14-36/h5-10,17,20,24,28-29,34H,11-16,19H2,1-4H3,(H,35,37)/t20?,24?,28-,29-. The van der Waals surface area contributed by atoms with Crippen LogP contribution in [0.4, 0.5) is 0 Å². The minimum absolute atomic E-state index is 0.0484. The van der Waals surface area contributed by atoms with Crippen LogP contribution in [0.15, 0.2) is 42.5 Å². The van der Waals surface area contributed by atoms with Crippen molar-refractivity contribution in [3.63, 3.8) is 0 Å². The number of ether oxygens (including phenoxy) is 1. The smallest absolute Gasteiger partial charge is 0.251 e. The third-order valence-corrected chi connectivity index (χ3v) is 9.35. The topological polar surface area (TPSA) is 77.4 Å². The van der Waals surface area contributed by atoms with Gasteiger partial charge in [-0.25, -0.2) is 0 Å². The van der Waals surface area contributed by atoms with Gasteiger partial charge in [-0.05, 0) is 54.5 Å². The zero-order valence-corrected chi connectivity index (χ0v) is 23.6. The highest BCUT2D eigenvalue weighted by Gasteiger charge is 2.64. The number of hydrogen-bond acceptors (Lipinski definition) is 5. The fourth-order valence-corrected chi connectivity index (χ4v) is 7.35. The number of piperazine rings is 1. The third kappa shape index (κ3) is 5.17. The van der Waals surface area contributed by atoms with Gasteiger partial charge in [-0.3, -0.25) is 4.79 Å². The Morgan fingerprint density at radius 1 is 1.11 bits per heavy atom. The summed E-state index contributed by atoms with van der Waals surface area (Å²) in [7, 11) is 0. The lowest BCUT2D eigenvalue weighted by molar-refractivity contribution is -0.164. The number of halogens is 1. The van der Waals surface area contributed by atoms with Crippen LogP contribution in [0, 0.1) is 28.1 Å². The van der Waals surface area contributed by atoms with Gasteiger partial charge in [0.2, 0.25) is 0 Å². The fraction of sp³-hybridized carbons (Fsp3) is 0.548. The number of benzene rings is 2. The lowest BCUT2D eigenvalue weighted by atomic mass is 9.49. The molecule has 1 heterocycles. The van der Waals surface area contributed by atoms with Gasteiger partial charge in [0.15, 0.2) is 0 Å². The Morgan fingerprint density at radius 3 is 2.37 bits per heavy atom. The molecule has 3 aliphatic rings. The molecule has 3 fully saturated rings. The molecule has 1 amide bonds. The van der Waals surface area contributed by atoms with E-state index in [0.717, 1.165) is 32.1 Å². The highest BCUT2D eigenvalue weighted by Crippen LogP contribution is 2.55. The highest BCUT2D eigenvalue weighted by atomic mass is 35.5. The molecule has 1 saturated heterocycles. The molecule has 2 aliphatic carbocycles. The molecule has 1 aliphatic heterocycles. The quantitative estimate of drug-likeness (QED) is 0.509. The van der Waals surface area contributed by atoms with Gasteiger partial charge in [-0.1, -0.05) is 51.4 Å². The van der Waals surface area contributed by atoms with Crippen molar-refractivity contribution in [2.24, 2.45) is 16.7 Å². The number of nitrogens with zero attached hydrogens (tertiary/aromatic N) is 2. The van der Waals surface area contributed by atoms with Gasteiger partial charge in [-0.2, -0.15) is 5.26 Å². The molecule has 7 heteroatoms. The molecule has 5 rings (SSSR count). The number of amides is 1. The zero-order chi connectivity index (χ0) is 27.1. The molecule has 0 bridgehead atoms. The van der Waals surface area contributed by atoms with E-state index in [1.54, 1.807) is 18.2 Å². The van der Waals surface area contributed by atoms with Crippen LogP contribution < -0.4 is 15.4 Å². The second-order valence-corrected chi connectivity index (χ2v) is 12.9. The molecule has 202 valence electrons. The van der Waals surface area contributed by atoms with E-state index >= 15 is 0 Å². The highest BCUT2D eigenvalue weighted by molar-refractivity contribution is 6.31. The summed E-state index contributed by atoms with van der Waals surface area (Å²) in [6.45, 7) is 14.2. The Morgan fingerprint density at radius 2 is 1.76 bits per heavy atom. The van der Waals surface area contributed by atoms with Crippen LogP contribution in [-0.2, 0) is 0 Å². The molecular formula is C31H39ClN4O2. The van der Waals surface area contributed by atoms with Crippen molar-refractivity contribution in [1.82, 2.24) is 15.5 Å². The summed E-state index contributed by atoms with van der Waals surface area (Å²) in [5, 5.41) is 16.2. The van der Waals surface area contributed by atoms with Gasteiger partial charge in [-0.15, -0.1) is 0 Å². The number of nitrogens with one attached hydrogen (secondary N) is 2. The lowest BCUT2D eigenvalue weighted by Gasteiger charge is -2.63. The van der Waals surface area contributed by atoms with Crippen molar-refractivity contribution >= 4 is 17.5 Å². The van der Waals surface area contributed by atoms with Crippen molar-refractivity contribution in [3.05, 3.63) is 64.2 Å². The number of carbonyl (C=O) groups excluding carboxylic acids is 1. The van der Waals surface area contributed by atoms with Gasteiger partial charge in [0, 0.05) is 61.2 Å². The van der Waals surface area contributed by atoms with Crippen LogP contribution in [0.2, 0.25) is 5.02 Å². The van der Waals surface area contributed by atoms with Crippen molar-refractivity contribution in [1.29, 1.82) is 5.26 Å². The first-order valence-corrected chi connectivity index (χ1v) is 14.2. The van der Waals surface area contributed by atoms with Gasteiger partial charge >= 0.3 is 0 Å². The van der Waals surface area contributed by atoms with E-state index in [1.807, 2.05) is 12.1 Å². The molecule has 38 heavy (non-hydrogen) atoms. The van der Waals surface area contributed by atoms with Crippen molar-refractivity contribution in [2.45, 2.75) is 58.6 Å². The Kier molecular flexibility index (Phi) is 7.48. The van der Waals surface area contributed by atoms with E-state index in [9.17, 15) is 4.79 Å². The largest absolute Gasteiger partial charge is 0.489 e. The molecule has 0 aromatic heterocycles. The van der Waals surface area contributed by atoms with Gasteiger partial charge in [0.1, 0.15) is 17.9 Å². The first kappa shape index (κ1) is 27.0. The summed E-state index contributed by atoms with van der Waals surface area (Å²) in [6.07, 6.45) is 2.36. The molecule has 2 aromatic carbocycles. The minimum atomic E-state index is -0.287. The molecule has 2 N–H and O–H groups in total. The molecule has 0 radical (unpaired) electrons. The number of nitriles is 1. The predicted octanol–water partition coefficient (Wildman–Crippen LogP) is 5.22. The summed E-state index contributed by atoms with van der Waals surface area (Å²) in [4.78, 5) is 15.8. The Hall–Kier alpha value is -2.59. The summed E-state index contributed by atoms with van der Waals surface area (Å²) in [5.74, 6) is 1.98. The van der Waals surface area contributed by atoms with E-state index in [1.165, 1.54) is 24.9 Å². The van der Waals surface area contributed by atoms with Crippen LogP contribution in [0.5, 0.6) is 5.75 Å². The average Bonchev–Trinajstić information content (AvgIpc) is 2.88. The molecule has 6 nitrogen and oxygen atoms in total. The maximum Gasteiger partial charge on any atom is 0.251 e. The van der Waals surface area contributed by atoms with Crippen LogP contribution in [0.3, 0.4) is 0 Å². The van der Waals surface area contributed by atoms with Gasteiger partial charge in [0.05, 0.1) is 10.6 Å². The second-order valence-electron chi connectivity index (χ2n) is 12.5. The van der Waals surface area contributed by atoms with E-state index in [-0.39, 0.29) is 28.9 Å². The predicted molar refractivity (Wildman–Crippen MR) is 151 cm³/mol. The Balaban J connectivity index is 1.16. The molecule has 0 atom stereocenters. The van der Waals surface area contributed by atoms with Crippen LogP contribution in [-0.4, -0.2) is 55.7 Å². The Bertz CT molecular complexity index is 1190. The third-order valence-electron chi connectivity index (χ3n) is 9.04.